The van der Waals surface area contributed by atoms with Crippen LogP contribution in [0.1, 0.15) is 26.3 Å². The predicted octanol–water partition coefficient (Wildman–Crippen LogP) is 4.11. The van der Waals surface area contributed by atoms with Crippen molar-refractivity contribution >= 4 is 23.4 Å². The Hall–Kier alpha value is -0.970. The number of nitrogens with zero attached hydrogens (tertiary/aromatic N) is 2. The molecule has 0 fully saturated rings. The smallest absolute Gasteiger partial charge is 0.172 e. The Morgan fingerprint density at radius 2 is 2.10 bits per heavy atom. The number of nitrogens with one attached hydrogen (secondary N) is 1. The van der Waals surface area contributed by atoms with E-state index in [0.717, 1.165) is 27.2 Å². The fourth-order valence-electron chi connectivity index (χ4n) is 1.65. The van der Waals surface area contributed by atoms with Crippen LogP contribution in [0.2, 0.25) is 5.02 Å². The van der Waals surface area contributed by atoms with Crippen molar-refractivity contribution in [2.75, 3.05) is 0 Å². The zero-order valence-corrected chi connectivity index (χ0v) is 13.8. The van der Waals surface area contributed by atoms with Gasteiger partial charge < -0.3 is 9.88 Å². The summed E-state index contributed by atoms with van der Waals surface area (Å²) in [5.74, 6) is 0. The molecule has 1 aromatic carbocycles. The van der Waals surface area contributed by atoms with Gasteiger partial charge in [-0.25, -0.2) is 4.98 Å². The van der Waals surface area contributed by atoms with Crippen LogP contribution in [0, 0.1) is 0 Å². The van der Waals surface area contributed by atoms with Crippen molar-refractivity contribution < 1.29 is 0 Å². The van der Waals surface area contributed by atoms with Crippen LogP contribution >= 0.6 is 23.4 Å². The molecule has 1 heterocycles. The molecule has 0 amide bonds. The number of aromatic nitrogens is 2. The summed E-state index contributed by atoms with van der Waals surface area (Å²) in [6.07, 6.45) is 3.73. The van der Waals surface area contributed by atoms with E-state index in [0.29, 0.717) is 0 Å². The zero-order valence-electron chi connectivity index (χ0n) is 12.3. The average Bonchev–Trinajstić information content (AvgIpc) is 2.73. The molecule has 2 aromatic rings. The molecule has 0 radical (unpaired) electrons. The van der Waals surface area contributed by atoms with Gasteiger partial charge in [0, 0.05) is 41.4 Å². The SMILES string of the molecule is Cn1ccnc1Sc1ccc(CNC(C)(C)C)c(Cl)c1. The Balaban J connectivity index is 2.08. The van der Waals surface area contributed by atoms with Crippen molar-refractivity contribution in [2.45, 2.75) is 42.9 Å². The fraction of sp³-hybridized carbons (Fsp3) is 0.400. The highest BCUT2D eigenvalue weighted by Gasteiger charge is 2.11. The van der Waals surface area contributed by atoms with E-state index in [-0.39, 0.29) is 5.54 Å². The summed E-state index contributed by atoms with van der Waals surface area (Å²) in [7, 11) is 1.98. The van der Waals surface area contributed by atoms with Crippen molar-refractivity contribution in [3.8, 4) is 0 Å². The van der Waals surface area contributed by atoms with Gasteiger partial charge >= 0.3 is 0 Å². The Morgan fingerprint density at radius 1 is 1.35 bits per heavy atom. The maximum Gasteiger partial charge on any atom is 0.172 e. The zero-order chi connectivity index (χ0) is 14.8. The van der Waals surface area contributed by atoms with Gasteiger partial charge in [0.05, 0.1) is 0 Å². The van der Waals surface area contributed by atoms with Crippen LogP contribution in [0.4, 0.5) is 0 Å². The highest BCUT2D eigenvalue weighted by molar-refractivity contribution is 7.99. The van der Waals surface area contributed by atoms with Gasteiger partial charge in [0.25, 0.3) is 0 Å². The maximum absolute atomic E-state index is 6.36. The normalized spacial score (nSPS) is 11.8. The van der Waals surface area contributed by atoms with Gasteiger partial charge in [0.15, 0.2) is 5.16 Å². The lowest BCUT2D eigenvalue weighted by Crippen LogP contribution is -2.35. The minimum atomic E-state index is 0.0870. The van der Waals surface area contributed by atoms with Crippen molar-refractivity contribution in [3.05, 3.63) is 41.2 Å². The summed E-state index contributed by atoms with van der Waals surface area (Å²) in [4.78, 5) is 5.40. The van der Waals surface area contributed by atoms with Crippen LogP contribution in [-0.4, -0.2) is 15.1 Å². The quantitative estimate of drug-likeness (QED) is 0.921. The van der Waals surface area contributed by atoms with Gasteiger partial charge in [-0.3, -0.25) is 0 Å². The van der Waals surface area contributed by atoms with Crippen molar-refractivity contribution in [1.82, 2.24) is 14.9 Å². The van der Waals surface area contributed by atoms with Crippen LogP contribution in [0.5, 0.6) is 0 Å². The van der Waals surface area contributed by atoms with Gasteiger partial charge in [0.2, 0.25) is 0 Å². The summed E-state index contributed by atoms with van der Waals surface area (Å²) in [6, 6.07) is 6.16. The van der Waals surface area contributed by atoms with E-state index in [1.54, 1.807) is 18.0 Å². The second kappa shape index (κ2) is 6.20. The van der Waals surface area contributed by atoms with E-state index < -0.39 is 0 Å². The average molecular weight is 310 g/mol. The maximum atomic E-state index is 6.36. The minimum absolute atomic E-state index is 0.0870. The lowest BCUT2D eigenvalue weighted by atomic mass is 10.1. The molecule has 108 valence electrons. The van der Waals surface area contributed by atoms with E-state index in [1.165, 1.54) is 0 Å². The molecule has 0 saturated carbocycles. The Bertz CT molecular complexity index is 587. The first-order chi connectivity index (χ1) is 9.35. The van der Waals surface area contributed by atoms with Crippen LogP contribution < -0.4 is 5.32 Å². The second-order valence-corrected chi connectivity index (χ2v) is 7.23. The fourth-order valence-corrected chi connectivity index (χ4v) is 2.81. The summed E-state index contributed by atoms with van der Waals surface area (Å²) in [5.41, 5.74) is 1.20. The molecule has 0 aliphatic heterocycles. The summed E-state index contributed by atoms with van der Waals surface area (Å²) in [6.45, 7) is 7.21. The standard InChI is InChI=1S/C15H20ClN3S/c1-15(2,3)18-10-11-5-6-12(9-13(11)16)20-14-17-7-8-19(14)4/h5-9,18H,10H2,1-4H3. The van der Waals surface area contributed by atoms with E-state index in [9.17, 15) is 0 Å². The van der Waals surface area contributed by atoms with Crippen LogP contribution in [0.3, 0.4) is 0 Å². The molecule has 2 rings (SSSR count). The molecule has 0 aliphatic rings. The number of rotatable bonds is 4. The lowest BCUT2D eigenvalue weighted by molar-refractivity contribution is 0.424. The number of halogens is 1. The number of aryl methyl sites for hydroxylation is 1. The first-order valence-electron chi connectivity index (χ1n) is 6.54. The number of imidazole rings is 1. The van der Waals surface area contributed by atoms with Crippen LogP contribution in [0.15, 0.2) is 40.6 Å². The first-order valence-corrected chi connectivity index (χ1v) is 7.73. The monoisotopic (exact) mass is 309 g/mol. The van der Waals surface area contributed by atoms with E-state index in [4.69, 9.17) is 11.6 Å². The number of hydrogen-bond donors (Lipinski definition) is 1. The van der Waals surface area contributed by atoms with E-state index in [1.807, 2.05) is 23.9 Å². The molecule has 0 unspecified atom stereocenters. The summed E-state index contributed by atoms with van der Waals surface area (Å²) in [5, 5.41) is 5.20. The molecular formula is C15H20ClN3S. The third kappa shape index (κ3) is 4.27. The van der Waals surface area contributed by atoms with Crippen molar-refractivity contribution in [2.24, 2.45) is 7.05 Å². The minimum Gasteiger partial charge on any atom is -0.329 e. The largest absolute Gasteiger partial charge is 0.329 e. The molecule has 0 spiro atoms. The van der Waals surface area contributed by atoms with Crippen LogP contribution in [0.25, 0.3) is 0 Å². The highest BCUT2D eigenvalue weighted by Crippen LogP contribution is 2.29. The van der Waals surface area contributed by atoms with E-state index >= 15 is 0 Å². The number of benzene rings is 1. The van der Waals surface area contributed by atoms with Crippen molar-refractivity contribution in [3.63, 3.8) is 0 Å². The third-order valence-corrected chi connectivity index (χ3v) is 4.24. The third-order valence-electron chi connectivity index (χ3n) is 2.82. The molecule has 1 aromatic heterocycles. The highest BCUT2D eigenvalue weighted by atomic mass is 35.5. The van der Waals surface area contributed by atoms with Gasteiger partial charge in [0.1, 0.15) is 0 Å². The summed E-state index contributed by atoms with van der Waals surface area (Å²) < 4.78 is 1.99. The molecule has 20 heavy (non-hydrogen) atoms. The molecule has 5 heteroatoms. The van der Waals surface area contributed by atoms with Gasteiger partial charge in [-0.2, -0.15) is 0 Å². The molecule has 3 nitrogen and oxygen atoms in total. The van der Waals surface area contributed by atoms with Crippen molar-refractivity contribution in [1.29, 1.82) is 0 Å². The van der Waals surface area contributed by atoms with Gasteiger partial charge in [-0.05, 0) is 38.5 Å². The first kappa shape index (κ1) is 15.4. The Morgan fingerprint density at radius 3 is 2.65 bits per heavy atom. The second-order valence-electron chi connectivity index (χ2n) is 5.78. The Kier molecular flexibility index (Phi) is 4.78. The van der Waals surface area contributed by atoms with E-state index in [2.05, 4.69) is 43.2 Å². The molecular weight excluding hydrogens is 290 g/mol. The molecule has 0 bridgehead atoms. The van der Waals surface area contributed by atoms with Gasteiger partial charge in [-0.1, -0.05) is 29.4 Å². The molecule has 0 aliphatic carbocycles. The Labute approximate surface area is 129 Å². The topological polar surface area (TPSA) is 29.9 Å². The lowest BCUT2D eigenvalue weighted by Gasteiger charge is -2.21. The molecule has 0 atom stereocenters. The summed E-state index contributed by atoms with van der Waals surface area (Å²) >= 11 is 7.97. The molecule has 1 N–H and O–H groups in total. The van der Waals surface area contributed by atoms with Crippen LogP contribution in [-0.2, 0) is 13.6 Å². The van der Waals surface area contributed by atoms with Gasteiger partial charge in [-0.15, -0.1) is 0 Å². The predicted molar refractivity (Wildman–Crippen MR) is 85.4 cm³/mol. The molecule has 0 saturated heterocycles. The number of hydrogen-bond acceptors (Lipinski definition) is 3.